The summed E-state index contributed by atoms with van der Waals surface area (Å²) in [4.78, 5) is 24.6. The van der Waals surface area contributed by atoms with Crippen LogP contribution in [0.3, 0.4) is 0 Å². The summed E-state index contributed by atoms with van der Waals surface area (Å²) in [6, 6.07) is 10.6. The van der Waals surface area contributed by atoms with Crippen molar-refractivity contribution in [2.75, 3.05) is 5.32 Å². The van der Waals surface area contributed by atoms with E-state index in [2.05, 4.69) is 15.5 Å². The van der Waals surface area contributed by atoms with Crippen LogP contribution in [-0.2, 0) is 11.3 Å². The normalized spacial score (nSPS) is 12.2. The van der Waals surface area contributed by atoms with Crippen LogP contribution in [0.1, 0.15) is 38.1 Å². The van der Waals surface area contributed by atoms with Crippen LogP contribution in [0.25, 0.3) is 11.6 Å². The van der Waals surface area contributed by atoms with Gasteiger partial charge in [0.15, 0.2) is 22.5 Å². The minimum absolute atomic E-state index is 0.0121. The van der Waals surface area contributed by atoms with Gasteiger partial charge >= 0.3 is 0 Å². The van der Waals surface area contributed by atoms with E-state index >= 15 is 0 Å². The molecule has 3 aromatic rings. The van der Waals surface area contributed by atoms with Crippen LogP contribution in [0.4, 0.5) is 5.69 Å². The fraction of sp³-hybridized carbons (Fsp3) is 0.333. The van der Waals surface area contributed by atoms with E-state index in [0.29, 0.717) is 34.5 Å². The molecular formula is C21H24N4O3S. The smallest absolute Gasteiger partial charge is 0.226 e. The van der Waals surface area contributed by atoms with Crippen molar-refractivity contribution in [3.05, 3.63) is 48.2 Å². The zero-order valence-corrected chi connectivity index (χ0v) is 17.7. The van der Waals surface area contributed by atoms with Gasteiger partial charge in [0.05, 0.1) is 11.5 Å². The molecule has 8 heteroatoms. The largest absolute Gasteiger partial charge is 0.461 e. The Balaban J connectivity index is 1.70. The Morgan fingerprint density at radius 1 is 1.14 bits per heavy atom. The van der Waals surface area contributed by atoms with Crippen molar-refractivity contribution in [1.82, 2.24) is 14.8 Å². The van der Waals surface area contributed by atoms with Gasteiger partial charge in [-0.25, -0.2) is 0 Å². The number of anilines is 1. The predicted octanol–water partition coefficient (Wildman–Crippen LogP) is 4.52. The number of aromatic nitrogens is 3. The molecule has 1 unspecified atom stereocenters. The number of carbonyl (C=O) groups is 2. The first-order valence-corrected chi connectivity index (χ1v) is 10.4. The minimum atomic E-state index is -0.343. The maximum atomic E-state index is 12.8. The highest BCUT2D eigenvalue weighted by molar-refractivity contribution is 8.00. The first kappa shape index (κ1) is 20.9. The third-order valence-corrected chi connectivity index (χ3v) is 5.47. The van der Waals surface area contributed by atoms with E-state index in [-0.39, 0.29) is 22.9 Å². The van der Waals surface area contributed by atoms with Crippen LogP contribution in [0, 0.1) is 5.92 Å². The summed E-state index contributed by atoms with van der Waals surface area (Å²) in [6.07, 6.45) is 1.59. The fourth-order valence-electron chi connectivity index (χ4n) is 2.70. The molecule has 1 aromatic carbocycles. The Kier molecular flexibility index (Phi) is 6.53. The standard InChI is InChI=1S/C21H24N4O3S/c1-5-25-19(17-7-6-12-28-17)23-24-21(25)29-14(4)18(26)15-8-10-16(11-9-15)22-20(27)13(2)3/h6-14H,5H2,1-4H3,(H,22,27). The van der Waals surface area contributed by atoms with Gasteiger partial charge in [-0.2, -0.15) is 0 Å². The monoisotopic (exact) mass is 412 g/mol. The molecule has 152 valence electrons. The molecule has 0 saturated heterocycles. The number of nitrogens with zero attached hydrogens (tertiary/aromatic N) is 3. The molecule has 1 atom stereocenters. The van der Waals surface area contributed by atoms with E-state index in [1.807, 2.05) is 38.3 Å². The van der Waals surface area contributed by atoms with Gasteiger partial charge in [-0.3, -0.25) is 14.2 Å². The van der Waals surface area contributed by atoms with E-state index in [1.165, 1.54) is 11.8 Å². The van der Waals surface area contributed by atoms with E-state index in [4.69, 9.17) is 4.42 Å². The topological polar surface area (TPSA) is 90.0 Å². The van der Waals surface area contributed by atoms with E-state index in [1.54, 1.807) is 36.6 Å². The Morgan fingerprint density at radius 3 is 2.45 bits per heavy atom. The van der Waals surface area contributed by atoms with E-state index in [9.17, 15) is 9.59 Å². The van der Waals surface area contributed by atoms with Gasteiger partial charge in [-0.1, -0.05) is 25.6 Å². The molecule has 1 amide bonds. The molecule has 0 fully saturated rings. The predicted molar refractivity (Wildman–Crippen MR) is 113 cm³/mol. The fourth-order valence-corrected chi connectivity index (χ4v) is 3.69. The van der Waals surface area contributed by atoms with Crippen molar-refractivity contribution in [2.45, 2.75) is 44.6 Å². The molecule has 2 heterocycles. The molecule has 0 radical (unpaired) electrons. The van der Waals surface area contributed by atoms with Gasteiger partial charge in [0.25, 0.3) is 0 Å². The third kappa shape index (κ3) is 4.76. The van der Waals surface area contributed by atoms with Crippen LogP contribution < -0.4 is 5.32 Å². The summed E-state index contributed by atoms with van der Waals surface area (Å²) in [5.41, 5.74) is 1.26. The highest BCUT2D eigenvalue weighted by Gasteiger charge is 2.22. The number of amides is 1. The molecule has 29 heavy (non-hydrogen) atoms. The van der Waals surface area contributed by atoms with Gasteiger partial charge in [-0.15, -0.1) is 10.2 Å². The zero-order valence-electron chi connectivity index (χ0n) is 16.9. The molecule has 0 spiro atoms. The summed E-state index contributed by atoms with van der Waals surface area (Å²) in [6.45, 7) is 8.17. The molecule has 0 aliphatic rings. The molecule has 7 nitrogen and oxygen atoms in total. The number of hydrogen-bond donors (Lipinski definition) is 1. The molecule has 0 saturated carbocycles. The Morgan fingerprint density at radius 2 is 1.86 bits per heavy atom. The Hall–Kier alpha value is -2.87. The lowest BCUT2D eigenvalue weighted by molar-refractivity contribution is -0.118. The minimum Gasteiger partial charge on any atom is -0.461 e. The number of Topliss-reactive ketones (excluding diaryl/α,β-unsaturated/α-hetero) is 1. The lowest BCUT2D eigenvalue weighted by Gasteiger charge is -2.12. The number of nitrogens with one attached hydrogen (secondary N) is 1. The Labute approximate surface area is 173 Å². The summed E-state index contributed by atoms with van der Waals surface area (Å²) >= 11 is 1.36. The molecule has 0 aliphatic heterocycles. The number of hydrogen-bond acceptors (Lipinski definition) is 6. The number of benzene rings is 1. The van der Waals surface area contributed by atoms with Gasteiger partial charge in [-0.05, 0) is 50.2 Å². The van der Waals surface area contributed by atoms with Crippen molar-refractivity contribution < 1.29 is 14.0 Å². The van der Waals surface area contributed by atoms with Crippen LogP contribution >= 0.6 is 11.8 Å². The number of furan rings is 1. The first-order chi connectivity index (χ1) is 13.9. The number of ketones is 1. The molecule has 3 rings (SSSR count). The van der Waals surface area contributed by atoms with Crippen molar-refractivity contribution in [2.24, 2.45) is 5.92 Å². The molecular weight excluding hydrogens is 388 g/mol. The van der Waals surface area contributed by atoms with E-state index < -0.39 is 0 Å². The maximum absolute atomic E-state index is 12.8. The summed E-state index contributed by atoms with van der Waals surface area (Å²) in [5.74, 6) is 1.12. The van der Waals surface area contributed by atoms with Gasteiger partial charge in [0.1, 0.15) is 0 Å². The lowest BCUT2D eigenvalue weighted by atomic mass is 10.1. The number of rotatable bonds is 8. The van der Waals surface area contributed by atoms with Crippen molar-refractivity contribution >= 4 is 29.1 Å². The van der Waals surface area contributed by atoms with Crippen molar-refractivity contribution in [3.8, 4) is 11.6 Å². The van der Waals surface area contributed by atoms with Crippen molar-refractivity contribution in [1.29, 1.82) is 0 Å². The van der Waals surface area contributed by atoms with Crippen LogP contribution in [0.15, 0.2) is 52.2 Å². The van der Waals surface area contributed by atoms with Crippen LogP contribution in [0.5, 0.6) is 0 Å². The average Bonchev–Trinajstić information content (AvgIpc) is 3.37. The van der Waals surface area contributed by atoms with Crippen LogP contribution in [0.2, 0.25) is 0 Å². The summed E-state index contributed by atoms with van der Waals surface area (Å²) in [7, 11) is 0. The second-order valence-corrected chi connectivity index (χ2v) is 8.18. The Bertz CT molecular complexity index is 978. The van der Waals surface area contributed by atoms with Crippen molar-refractivity contribution in [3.63, 3.8) is 0 Å². The highest BCUT2D eigenvalue weighted by atomic mass is 32.2. The number of carbonyl (C=O) groups excluding carboxylic acids is 2. The van der Waals surface area contributed by atoms with E-state index in [0.717, 1.165) is 0 Å². The second kappa shape index (κ2) is 9.09. The molecule has 0 aliphatic carbocycles. The quantitative estimate of drug-likeness (QED) is 0.432. The maximum Gasteiger partial charge on any atom is 0.226 e. The molecule has 0 bridgehead atoms. The second-order valence-electron chi connectivity index (χ2n) is 6.87. The highest BCUT2D eigenvalue weighted by Crippen LogP contribution is 2.28. The molecule has 2 aromatic heterocycles. The van der Waals surface area contributed by atoms with Gasteiger partial charge in [0, 0.05) is 23.7 Å². The SMILES string of the molecule is CCn1c(SC(C)C(=O)c2ccc(NC(=O)C(C)C)cc2)nnc1-c1ccco1. The van der Waals surface area contributed by atoms with Crippen LogP contribution in [-0.4, -0.2) is 31.7 Å². The first-order valence-electron chi connectivity index (χ1n) is 9.49. The zero-order chi connectivity index (χ0) is 21.0. The molecule has 1 N–H and O–H groups in total. The average molecular weight is 413 g/mol. The third-order valence-electron chi connectivity index (χ3n) is 4.39. The summed E-state index contributed by atoms with van der Waals surface area (Å²) < 4.78 is 7.35. The number of thioether (sulfide) groups is 1. The van der Waals surface area contributed by atoms with Gasteiger partial charge < -0.3 is 9.73 Å². The van der Waals surface area contributed by atoms with Gasteiger partial charge in [0.2, 0.25) is 5.91 Å². The summed E-state index contributed by atoms with van der Waals surface area (Å²) in [5, 5.41) is 11.6. The lowest BCUT2D eigenvalue weighted by Crippen LogP contribution is -2.18.